The Balaban J connectivity index is 1.41. The standard InChI is InChI=1S/C21H29N7/c1-16-9-17(2)28(24-16)21-7-3-5-18(10-21)12-26-8-4-6-19(13-26)14-27-15-20(11-22)23-25-27/h3,5,7,9-10,15,19H,4,6,8,11-14,22H2,1-2H3/t19-/m1/s1. The fourth-order valence-electron chi connectivity index (χ4n) is 4.16. The Hall–Kier alpha value is -2.51. The number of piperidine rings is 1. The zero-order valence-corrected chi connectivity index (χ0v) is 16.8. The molecule has 3 heterocycles. The van der Waals surface area contributed by atoms with Crippen molar-refractivity contribution < 1.29 is 0 Å². The molecule has 0 amide bonds. The van der Waals surface area contributed by atoms with Crippen molar-refractivity contribution in [2.45, 2.75) is 46.3 Å². The first-order chi connectivity index (χ1) is 13.6. The first kappa shape index (κ1) is 18.8. The van der Waals surface area contributed by atoms with E-state index >= 15 is 0 Å². The van der Waals surface area contributed by atoms with Gasteiger partial charge in [-0.2, -0.15) is 5.10 Å². The van der Waals surface area contributed by atoms with Crippen molar-refractivity contribution in [2.24, 2.45) is 11.7 Å². The minimum atomic E-state index is 0.447. The molecular weight excluding hydrogens is 350 g/mol. The predicted octanol–water partition coefficient (Wildman–Crippen LogP) is 2.45. The number of nitrogens with two attached hydrogens (primary N) is 1. The Morgan fingerprint density at radius 3 is 2.86 bits per heavy atom. The van der Waals surface area contributed by atoms with E-state index in [1.807, 2.05) is 22.5 Å². The molecule has 0 bridgehead atoms. The fourth-order valence-corrected chi connectivity index (χ4v) is 4.16. The summed E-state index contributed by atoms with van der Waals surface area (Å²) in [7, 11) is 0. The molecule has 2 aromatic heterocycles. The van der Waals surface area contributed by atoms with E-state index in [1.54, 1.807) is 0 Å². The van der Waals surface area contributed by atoms with Crippen LogP contribution in [0.25, 0.3) is 5.69 Å². The molecule has 1 atom stereocenters. The summed E-state index contributed by atoms with van der Waals surface area (Å²) in [6.07, 6.45) is 4.43. The number of nitrogens with zero attached hydrogens (tertiary/aromatic N) is 6. The van der Waals surface area contributed by atoms with Crippen molar-refractivity contribution in [3.05, 3.63) is 59.2 Å². The number of likely N-dealkylation sites (tertiary alicyclic amines) is 1. The predicted molar refractivity (Wildman–Crippen MR) is 109 cm³/mol. The molecule has 0 saturated carbocycles. The summed E-state index contributed by atoms with van der Waals surface area (Å²) < 4.78 is 3.97. The lowest BCUT2D eigenvalue weighted by Gasteiger charge is -2.32. The largest absolute Gasteiger partial charge is 0.325 e. The van der Waals surface area contributed by atoms with Gasteiger partial charge in [-0.3, -0.25) is 9.58 Å². The van der Waals surface area contributed by atoms with Crippen LogP contribution < -0.4 is 5.73 Å². The molecule has 3 aromatic rings. The second-order valence-corrected chi connectivity index (χ2v) is 7.89. The van der Waals surface area contributed by atoms with Crippen LogP contribution in [0.1, 0.15) is 35.5 Å². The van der Waals surface area contributed by atoms with Gasteiger partial charge in [0.25, 0.3) is 0 Å². The SMILES string of the molecule is Cc1cc(C)n(-c2cccc(CN3CCC[C@@H](Cn4cc(CN)nn4)C3)c2)n1. The van der Waals surface area contributed by atoms with E-state index in [2.05, 4.69) is 57.6 Å². The molecule has 1 aliphatic rings. The van der Waals surface area contributed by atoms with Gasteiger partial charge in [-0.1, -0.05) is 17.3 Å². The van der Waals surface area contributed by atoms with Crippen molar-refractivity contribution in [3.63, 3.8) is 0 Å². The first-order valence-electron chi connectivity index (χ1n) is 10.0. The Bertz CT molecular complexity index is 926. The maximum atomic E-state index is 5.64. The summed E-state index contributed by atoms with van der Waals surface area (Å²) in [5.74, 6) is 0.597. The van der Waals surface area contributed by atoms with E-state index in [4.69, 9.17) is 5.73 Å². The lowest BCUT2D eigenvalue weighted by atomic mass is 9.97. The van der Waals surface area contributed by atoms with Gasteiger partial charge >= 0.3 is 0 Å². The van der Waals surface area contributed by atoms with Crippen molar-refractivity contribution in [2.75, 3.05) is 13.1 Å². The molecule has 0 aliphatic carbocycles. The van der Waals surface area contributed by atoms with Crippen LogP contribution in [0.2, 0.25) is 0 Å². The number of rotatable bonds is 6. The van der Waals surface area contributed by atoms with E-state index in [0.717, 1.165) is 48.9 Å². The Labute approximate surface area is 166 Å². The van der Waals surface area contributed by atoms with Gasteiger partial charge in [0.15, 0.2) is 0 Å². The van der Waals surface area contributed by atoms with E-state index in [1.165, 1.54) is 18.4 Å². The highest BCUT2D eigenvalue weighted by atomic mass is 15.4. The average Bonchev–Trinajstić information content (AvgIpc) is 3.27. The van der Waals surface area contributed by atoms with Gasteiger partial charge in [-0.25, -0.2) is 4.68 Å². The molecule has 1 fully saturated rings. The molecule has 2 N–H and O–H groups in total. The van der Waals surface area contributed by atoms with Crippen molar-refractivity contribution in [1.29, 1.82) is 0 Å². The van der Waals surface area contributed by atoms with Gasteiger partial charge < -0.3 is 5.73 Å². The van der Waals surface area contributed by atoms with Gasteiger partial charge in [-0.05, 0) is 62.9 Å². The second-order valence-electron chi connectivity index (χ2n) is 7.89. The molecule has 28 heavy (non-hydrogen) atoms. The van der Waals surface area contributed by atoms with Crippen molar-refractivity contribution in [3.8, 4) is 5.69 Å². The van der Waals surface area contributed by atoms with Gasteiger partial charge in [-0.15, -0.1) is 5.10 Å². The number of hydrogen-bond acceptors (Lipinski definition) is 5. The number of hydrogen-bond donors (Lipinski definition) is 1. The fraction of sp³-hybridized carbons (Fsp3) is 0.476. The summed E-state index contributed by atoms with van der Waals surface area (Å²) >= 11 is 0. The third-order valence-corrected chi connectivity index (χ3v) is 5.41. The average molecular weight is 380 g/mol. The minimum Gasteiger partial charge on any atom is -0.325 e. The zero-order chi connectivity index (χ0) is 19.5. The molecule has 7 nitrogen and oxygen atoms in total. The molecule has 0 radical (unpaired) electrons. The van der Waals surface area contributed by atoms with Crippen molar-refractivity contribution in [1.82, 2.24) is 29.7 Å². The Morgan fingerprint density at radius 2 is 2.11 bits per heavy atom. The molecule has 1 aliphatic heterocycles. The van der Waals surface area contributed by atoms with E-state index in [-0.39, 0.29) is 0 Å². The van der Waals surface area contributed by atoms with Gasteiger partial charge in [0.1, 0.15) is 0 Å². The zero-order valence-electron chi connectivity index (χ0n) is 16.8. The van der Waals surface area contributed by atoms with Crippen LogP contribution in [-0.4, -0.2) is 42.8 Å². The van der Waals surface area contributed by atoms with E-state index < -0.39 is 0 Å². The summed E-state index contributed by atoms with van der Waals surface area (Å²) in [6.45, 7) is 8.69. The highest BCUT2D eigenvalue weighted by Crippen LogP contribution is 2.21. The monoisotopic (exact) mass is 379 g/mol. The van der Waals surface area contributed by atoms with Crippen LogP contribution in [0.15, 0.2) is 36.5 Å². The van der Waals surface area contributed by atoms with Crippen molar-refractivity contribution >= 4 is 0 Å². The summed E-state index contributed by atoms with van der Waals surface area (Å²) in [4.78, 5) is 2.55. The van der Waals surface area contributed by atoms with Crippen LogP contribution in [0.4, 0.5) is 0 Å². The van der Waals surface area contributed by atoms with Crippen LogP contribution in [-0.2, 0) is 19.6 Å². The van der Waals surface area contributed by atoms with Gasteiger partial charge in [0.05, 0.1) is 17.1 Å². The van der Waals surface area contributed by atoms with Crippen LogP contribution >= 0.6 is 0 Å². The molecule has 1 aromatic carbocycles. The molecular formula is C21H29N7. The van der Waals surface area contributed by atoms with E-state index in [9.17, 15) is 0 Å². The molecule has 0 spiro atoms. The molecule has 0 unspecified atom stereocenters. The normalized spacial score (nSPS) is 17.9. The summed E-state index contributed by atoms with van der Waals surface area (Å²) in [5.41, 5.74) is 11.2. The first-order valence-corrected chi connectivity index (χ1v) is 10.0. The van der Waals surface area contributed by atoms with Crippen LogP contribution in [0.3, 0.4) is 0 Å². The lowest BCUT2D eigenvalue weighted by Crippen LogP contribution is -2.36. The summed E-state index contributed by atoms with van der Waals surface area (Å²) in [6, 6.07) is 10.8. The summed E-state index contributed by atoms with van der Waals surface area (Å²) in [5, 5.41) is 12.9. The molecule has 148 valence electrons. The highest BCUT2D eigenvalue weighted by molar-refractivity contribution is 5.37. The number of benzene rings is 1. The lowest BCUT2D eigenvalue weighted by molar-refractivity contribution is 0.153. The molecule has 7 heteroatoms. The maximum Gasteiger partial charge on any atom is 0.0962 e. The number of aryl methyl sites for hydroxylation is 2. The molecule has 1 saturated heterocycles. The number of aromatic nitrogens is 5. The van der Waals surface area contributed by atoms with Gasteiger partial charge in [0.2, 0.25) is 0 Å². The van der Waals surface area contributed by atoms with Crippen LogP contribution in [0.5, 0.6) is 0 Å². The third kappa shape index (κ3) is 4.31. The Morgan fingerprint density at radius 1 is 1.21 bits per heavy atom. The second kappa shape index (κ2) is 8.24. The van der Waals surface area contributed by atoms with Gasteiger partial charge in [0, 0.05) is 38.1 Å². The third-order valence-electron chi connectivity index (χ3n) is 5.41. The smallest absolute Gasteiger partial charge is 0.0962 e. The van der Waals surface area contributed by atoms with E-state index in [0.29, 0.717) is 12.5 Å². The quantitative estimate of drug-likeness (QED) is 0.712. The highest BCUT2D eigenvalue weighted by Gasteiger charge is 2.21. The maximum absolute atomic E-state index is 5.64. The molecule has 4 rings (SSSR count). The Kier molecular flexibility index (Phi) is 5.54. The minimum absolute atomic E-state index is 0.447. The topological polar surface area (TPSA) is 77.8 Å². The van der Waals surface area contributed by atoms with Crippen LogP contribution in [0, 0.1) is 19.8 Å².